The molecule has 3 rings (SSSR count). The molecule has 5 nitrogen and oxygen atoms in total. The molecule has 0 atom stereocenters. The summed E-state index contributed by atoms with van der Waals surface area (Å²) in [5.41, 5.74) is 2.15. The number of nitrogens with one attached hydrogen (secondary N) is 1. The lowest BCUT2D eigenvalue weighted by Crippen LogP contribution is -2.43. The first-order chi connectivity index (χ1) is 10.2. The Balaban J connectivity index is 1.85. The molecule has 1 fully saturated rings. The Morgan fingerprint density at radius 1 is 1.00 bits per heavy atom. The number of piperazine rings is 1. The Hall–Kier alpha value is -2.01. The third-order valence-corrected chi connectivity index (χ3v) is 3.97. The second kappa shape index (κ2) is 5.77. The molecule has 1 saturated heterocycles. The summed E-state index contributed by atoms with van der Waals surface area (Å²) in [7, 11) is 0. The molecule has 0 bridgehead atoms. The first-order valence-corrected chi connectivity index (χ1v) is 7.52. The van der Waals surface area contributed by atoms with Crippen molar-refractivity contribution in [3.05, 3.63) is 47.1 Å². The molecule has 0 spiro atoms. The van der Waals surface area contributed by atoms with E-state index in [1.165, 1.54) is 5.69 Å². The van der Waals surface area contributed by atoms with Gasteiger partial charge < -0.3 is 10.2 Å². The van der Waals surface area contributed by atoms with Crippen LogP contribution in [-0.4, -0.2) is 35.3 Å². The van der Waals surface area contributed by atoms with Crippen molar-refractivity contribution in [1.29, 1.82) is 0 Å². The van der Waals surface area contributed by atoms with Gasteiger partial charge in [0, 0.05) is 50.3 Å². The second-order valence-electron chi connectivity index (χ2n) is 5.71. The molecule has 0 amide bonds. The van der Waals surface area contributed by atoms with Crippen molar-refractivity contribution in [1.82, 2.24) is 14.5 Å². The predicted molar refractivity (Wildman–Crippen MR) is 85.5 cm³/mol. The van der Waals surface area contributed by atoms with Gasteiger partial charge in [0.25, 0.3) is 0 Å². The first-order valence-electron chi connectivity index (χ1n) is 7.52. The van der Waals surface area contributed by atoms with Gasteiger partial charge in [-0.25, -0.2) is 4.79 Å². The van der Waals surface area contributed by atoms with E-state index in [2.05, 4.69) is 22.3 Å². The van der Waals surface area contributed by atoms with Gasteiger partial charge in [0.2, 0.25) is 0 Å². The molecule has 0 aliphatic carbocycles. The van der Waals surface area contributed by atoms with Crippen molar-refractivity contribution in [2.24, 2.45) is 0 Å². The summed E-state index contributed by atoms with van der Waals surface area (Å²) in [6, 6.07) is 8.41. The molecular formula is C16H22N4O. The van der Waals surface area contributed by atoms with Gasteiger partial charge in [-0.1, -0.05) is 0 Å². The van der Waals surface area contributed by atoms with E-state index in [9.17, 15) is 4.79 Å². The van der Waals surface area contributed by atoms with Gasteiger partial charge in [-0.2, -0.15) is 0 Å². The molecule has 2 aromatic rings. The highest BCUT2D eigenvalue weighted by atomic mass is 16.1. The van der Waals surface area contributed by atoms with Crippen LogP contribution in [0.5, 0.6) is 0 Å². The van der Waals surface area contributed by atoms with E-state index < -0.39 is 0 Å². The van der Waals surface area contributed by atoms with Crippen LogP contribution in [0.15, 0.2) is 41.5 Å². The smallest absolute Gasteiger partial charge is 0.332 e. The fourth-order valence-electron chi connectivity index (χ4n) is 2.73. The molecule has 0 unspecified atom stereocenters. The molecule has 5 heteroatoms. The Morgan fingerprint density at radius 2 is 1.62 bits per heavy atom. The number of aromatic nitrogens is 2. The molecule has 1 aliphatic rings. The van der Waals surface area contributed by atoms with Crippen LogP contribution in [0, 0.1) is 0 Å². The van der Waals surface area contributed by atoms with E-state index in [4.69, 9.17) is 0 Å². The first kappa shape index (κ1) is 13.9. The summed E-state index contributed by atoms with van der Waals surface area (Å²) < 4.78 is 3.44. The lowest BCUT2D eigenvalue weighted by atomic mass is 10.2. The SMILES string of the molecule is CC(C)n1ccn(-c2ccc(N3CCNCC3)cc2)c1=O. The van der Waals surface area contributed by atoms with Crippen molar-refractivity contribution in [3.8, 4) is 5.69 Å². The lowest BCUT2D eigenvalue weighted by molar-refractivity contribution is 0.574. The van der Waals surface area contributed by atoms with Gasteiger partial charge in [0.05, 0.1) is 5.69 Å². The number of anilines is 1. The number of nitrogens with zero attached hydrogens (tertiary/aromatic N) is 3. The topological polar surface area (TPSA) is 42.2 Å². The summed E-state index contributed by atoms with van der Waals surface area (Å²) in [5.74, 6) is 0. The lowest BCUT2D eigenvalue weighted by Gasteiger charge is -2.29. The van der Waals surface area contributed by atoms with Gasteiger partial charge in [-0.05, 0) is 38.1 Å². The van der Waals surface area contributed by atoms with E-state index in [-0.39, 0.29) is 11.7 Å². The summed E-state index contributed by atoms with van der Waals surface area (Å²) in [6.07, 6.45) is 3.68. The fourth-order valence-corrected chi connectivity index (χ4v) is 2.73. The Kier molecular flexibility index (Phi) is 3.84. The quantitative estimate of drug-likeness (QED) is 0.932. The molecule has 1 aromatic heterocycles. The van der Waals surface area contributed by atoms with Crippen LogP contribution in [0.1, 0.15) is 19.9 Å². The van der Waals surface area contributed by atoms with Crippen LogP contribution in [0.25, 0.3) is 5.69 Å². The molecule has 112 valence electrons. The zero-order valence-electron chi connectivity index (χ0n) is 12.6. The zero-order chi connectivity index (χ0) is 14.8. The predicted octanol–water partition coefficient (Wildman–Crippen LogP) is 1.63. The summed E-state index contributed by atoms with van der Waals surface area (Å²) in [6.45, 7) is 8.14. The van der Waals surface area contributed by atoms with Crippen LogP contribution < -0.4 is 15.9 Å². The van der Waals surface area contributed by atoms with Crippen LogP contribution in [0.3, 0.4) is 0 Å². The van der Waals surface area contributed by atoms with Crippen LogP contribution in [-0.2, 0) is 0 Å². The molecule has 21 heavy (non-hydrogen) atoms. The largest absolute Gasteiger partial charge is 0.369 e. The Labute approximate surface area is 124 Å². The average Bonchev–Trinajstić information content (AvgIpc) is 2.90. The van der Waals surface area contributed by atoms with Crippen molar-refractivity contribution in [2.45, 2.75) is 19.9 Å². The van der Waals surface area contributed by atoms with Crippen molar-refractivity contribution in [2.75, 3.05) is 31.1 Å². The van der Waals surface area contributed by atoms with Crippen molar-refractivity contribution < 1.29 is 0 Å². The summed E-state index contributed by atoms with van der Waals surface area (Å²) in [4.78, 5) is 14.7. The van der Waals surface area contributed by atoms with Gasteiger partial charge in [-0.15, -0.1) is 0 Å². The van der Waals surface area contributed by atoms with Crippen molar-refractivity contribution in [3.63, 3.8) is 0 Å². The number of imidazole rings is 1. The molecule has 0 radical (unpaired) electrons. The second-order valence-corrected chi connectivity index (χ2v) is 5.71. The van der Waals surface area contributed by atoms with Gasteiger partial charge >= 0.3 is 5.69 Å². The van der Waals surface area contributed by atoms with Crippen molar-refractivity contribution >= 4 is 5.69 Å². The van der Waals surface area contributed by atoms with E-state index in [0.717, 1.165) is 31.9 Å². The average molecular weight is 286 g/mol. The number of benzene rings is 1. The molecule has 0 saturated carbocycles. The maximum atomic E-state index is 12.3. The number of hydrogen-bond acceptors (Lipinski definition) is 3. The maximum Gasteiger partial charge on any atom is 0.332 e. The molecule has 1 aliphatic heterocycles. The molecular weight excluding hydrogens is 264 g/mol. The maximum absolute atomic E-state index is 12.3. The van der Waals surface area contributed by atoms with E-state index >= 15 is 0 Å². The van der Waals surface area contributed by atoms with Crippen LogP contribution in [0.2, 0.25) is 0 Å². The highest BCUT2D eigenvalue weighted by molar-refractivity contribution is 5.51. The molecule has 1 N–H and O–H groups in total. The Bertz CT molecular complexity index is 648. The highest BCUT2D eigenvalue weighted by Gasteiger charge is 2.11. The van der Waals surface area contributed by atoms with E-state index in [0.29, 0.717) is 0 Å². The van der Waals surface area contributed by atoms with Crippen LogP contribution in [0.4, 0.5) is 5.69 Å². The summed E-state index contributed by atoms with van der Waals surface area (Å²) >= 11 is 0. The monoisotopic (exact) mass is 286 g/mol. The zero-order valence-corrected chi connectivity index (χ0v) is 12.6. The number of hydrogen-bond donors (Lipinski definition) is 1. The third kappa shape index (κ3) is 2.74. The number of rotatable bonds is 3. The van der Waals surface area contributed by atoms with E-state index in [1.54, 1.807) is 9.13 Å². The van der Waals surface area contributed by atoms with E-state index in [1.807, 2.05) is 38.4 Å². The van der Waals surface area contributed by atoms with Gasteiger partial charge in [-0.3, -0.25) is 9.13 Å². The fraction of sp³-hybridized carbons (Fsp3) is 0.438. The minimum absolute atomic E-state index is 0.0138. The minimum Gasteiger partial charge on any atom is -0.369 e. The third-order valence-electron chi connectivity index (χ3n) is 3.97. The standard InChI is InChI=1S/C16H22N4O/c1-13(2)19-11-12-20(16(19)21)15-5-3-14(4-6-15)18-9-7-17-8-10-18/h3-6,11-13,17H,7-10H2,1-2H3. The summed E-state index contributed by atoms with van der Waals surface area (Å²) in [5, 5.41) is 3.35. The highest BCUT2D eigenvalue weighted by Crippen LogP contribution is 2.17. The minimum atomic E-state index is 0.0138. The van der Waals surface area contributed by atoms with Gasteiger partial charge in [0.1, 0.15) is 0 Å². The normalized spacial score (nSPS) is 15.7. The Morgan fingerprint density at radius 3 is 2.19 bits per heavy atom. The molecule has 1 aromatic carbocycles. The van der Waals surface area contributed by atoms with Crippen LogP contribution >= 0.6 is 0 Å². The molecule has 2 heterocycles. The van der Waals surface area contributed by atoms with Gasteiger partial charge in [0.15, 0.2) is 0 Å².